The Labute approximate surface area is 114 Å². The van der Waals surface area contributed by atoms with Gasteiger partial charge in [0.2, 0.25) is 5.91 Å². The van der Waals surface area contributed by atoms with Crippen LogP contribution in [0.4, 0.5) is 0 Å². The average Bonchev–Trinajstić information content (AvgIpc) is 2.81. The molecule has 104 valence electrons. The second kappa shape index (κ2) is 5.72. The van der Waals surface area contributed by atoms with Crippen molar-refractivity contribution >= 4 is 5.91 Å². The zero-order valence-corrected chi connectivity index (χ0v) is 11.5. The van der Waals surface area contributed by atoms with E-state index in [0.29, 0.717) is 6.54 Å². The van der Waals surface area contributed by atoms with Gasteiger partial charge in [0.25, 0.3) is 0 Å². The van der Waals surface area contributed by atoms with E-state index in [1.165, 1.54) is 5.56 Å². The Balaban J connectivity index is 2.16. The largest absolute Gasteiger partial charge is 0.369 e. The maximum atomic E-state index is 11.6. The van der Waals surface area contributed by atoms with Crippen molar-refractivity contribution in [3.05, 3.63) is 35.9 Å². The van der Waals surface area contributed by atoms with Gasteiger partial charge in [-0.3, -0.25) is 9.69 Å². The summed E-state index contributed by atoms with van der Waals surface area (Å²) < 4.78 is 0. The number of benzene rings is 1. The van der Waals surface area contributed by atoms with Crippen LogP contribution in [0.15, 0.2) is 30.3 Å². The summed E-state index contributed by atoms with van der Waals surface area (Å²) in [7, 11) is 0. The van der Waals surface area contributed by atoms with Gasteiger partial charge in [0.05, 0.1) is 5.41 Å². The quantitative estimate of drug-likeness (QED) is 0.838. The van der Waals surface area contributed by atoms with Crippen LogP contribution in [-0.4, -0.2) is 30.4 Å². The van der Waals surface area contributed by atoms with E-state index in [2.05, 4.69) is 17.0 Å². The molecule has 1 fully saturated rings. The molecule has 4 heteroatoms. The van der Waals surface area contributed by atoms with Crippen LogP contribution in [0.3, 0.4) is 0 Å². The highest BCUT2D eigenvalue weighted by Gasteiger charge is 2.41. The van der Waals surface area contributed by atoms with Crippen LogP contribution in [0, 0.1) is 5.41 Å². The molecular formula is C15H23N3O. The van der Waals surface area contributed by atoms with Crippen molar-refractivity contribution in [2.75, 3.05) is 19.6 Å². The first-order valence-corrected chi connectivity index (χ1v) is 6.86. The molecular weight excluding hydrogens is 238 g/mol. The smallest absolute Gasteiger partial charge is 0.224 e. The topological polar surface area (TPSA) is 72.4 Å². The fraction of sp³-hybridized carbons (Fsp3) is 0.533. The lowest BCUT2D eigenvalue weighted by molar-refractivity contribution is -0.126. The molecule has 0 aromatic heterocycles. The molecule has 1 heterocycles. The minimum absolute atomic E-state index is 0.199. The van der Waals surface area contributed by atoms with Crippen molar-refractivity contribution in [1.82, 2.24) is 4.90 Å². The highest BCUT2D eigenvalue weighted by atomic mass is 16.1. The van der Waals surface area contributed by atoms with Crippen molar-refractivity contribution in [2.45, 2.75) is 25.8 Å². The molecule has 19 heavy (non-hydrogen) atoms. The molecule has 2 rings (SSSR count). The van der Waals surface area contributed by atoms with Gasteiger partial charge in [-0.1, -0.05) is 30.3 Å². The molecule has 0 radical (unpaired) electrons. The highest BCUT2D eigenvalue weighted by molar-refractivity contribution is 5.81. The van der Waals surface area contributed by atoms with E-state index in [9.17, 15) is 4.79 Å². The van der Waals surface area contributed by atoms with Gasteiger partial charge < -0.3 is 11.5 Å². The predicted octanol–water partition coefficient (Wildman–Crippen LogP) is 1.27. The first-order chi connectivity index (χ1) is 9.07. The number of carbonyl (C=O) groups excluding carboxylic acids is 1. The molecule has 0 aliphatic carbocycles. The standard InChI is InChI=1S/C15H23N3O/c1-15(14(17)19)8-10-18(11-15)13(7-9-16)12-5-3-2-4-6-12/h2-6,13H,7-11,16H2,1H3,(H2,17,19). The van der Waals surface area contributed by atoms with Crippen LogP contribution in [0.25, 0.3) is 0 Å². The van der Waals surface area contributed by atoms with Crippen LogP contribution in [0.5, 0.6) is 0 Å². The normalized spacial score (nSPS) is 25.4. The van der Waals surface area contributed by atoms with E-state index in [1.54, 1.807) is 0 Å². The SMILES string of the molecule is CC1(C(N)=O)CCN(C(CCN)c2ccccc2)C1. The van der Waals surface area contributed by atoms with Crippen LogP contribution in [0.1, 0.15) is 31.4 Å². The monoisotopic (exact) mass is 261 g/mol. The number of hydrogen-bond acceptors (Lipinski definition) is 3. The second-order valence-electron chi connectivity index (χ2n) is 5.65. The summed E-state index contributed by atoms with van der Waals surface area (Å²) in [6.45, 7) is 4.23. The van der Waals surface area contributed by atoms with Crippen LogP contribution in [0.2, 0.25) is 0 Å². The number of hydrogen-bond donors (Lipinski definition) is 2. The van der Waals surface area contributed by atoms with Crippen LogP contribution >= 0.6 is 0 Å². The number of nitrogens with two attached hydrogens (primary N) is 2. The first kappa shape index (κ1) is 14.0. The Hall–Kier alpha value is -1.39. The van der Waals surface area contributed by atoms with Crippen molar-refractivity contribution in [1.29, 1.82) is 0 Å². The molecule has 4 nitrogen and oxygen atoms in total. The van der Waals surface area contributed by atoms with Crippen molar-refractivity contribution < 1.29 is 4.79 Å². The Morgan fingerprint density at radius 2 is 2.11 bits per heavy atom. The number of carbonyl (C=O) groups is 1. The molecule has 1 aliphatic rings. The summed E-state index contributed by atoms with van der Waals surface area (Å²) in [5, 5.41) is 0. The maximum Gasteiger partial charge on any atom is 0.224 e. The van der Waals surface area contributed by atoms with E-state index >= 15 is 0 Å². The summed E-state index contributed by atoms with van der Waals surface area (Å²) in [4.78, 5) is 13.9. The Morgan fingerprint density at radius 3 is 2.63 bits per heavy atom. The number of likely N-dealkylation sites (tertiary alicyclic amines) is 1. The average molecular weight is 261 g/mol. The number of primary amides is 1. The first-order valence-electron chi connectivity index (χ1n) is 6.86. The molecule has 2 atom stereocenters. The molecule has 1 saturated heterocycles. The Kier molecular flexibility index (Phi) is 4.22. The van der Waals surface area contributed by atoms with Crippen molar-refractivity contribution in [3.8, 4) is 0 Å². The van der Waals surface area contributed by atoms with Gasteiger partial charge >= 0.3 is 0 Å². The maximum absolute atomic E-state index is 11.6. The number of amides is 1. The predicted molar refractivity (Wildman–Crippen MR) is 76.3 cm³/mol. The van der Waals surface area contributed by atoms with Gasteiger partial charge in [-0.2, -0.15) is 0 Å². The van der Waals surface area contributed by atoms with E-state index in [0.717, 1.165) is 25.9 Å². The molecule has 0 spiro atoms. The molecule has 1 amide bonds. The van der Waals surface area contributed by atoms with Crippen molar-refractivity contribution in [2.24, 2.45) is 16.9 Å². The lowest BCUT2D eigenvalue weighted by Gasteiger charge is -2.29. The van der Waals surface area contributed by atoms with E-state index in [1.807, 2.05) is 25.1 Å². The third kappa shape index (κ3) is 2.96. The molecule has 1 aromatic carbocycles. The van der Waals surface area contributed by atoms with Gasteiger partial charge in [0.15, 0.2) is 0 Å². The Bertz CT molecular complexity index is 434. The summed E-state index contributed by atoms with van der Waals surface area (Å²) in [6, 6.07) is 10.6. The van der Waals surface area contributed by atoms with E-state index < -0.39 is 5.41 Å². The lowest BCUT2D eigenvalue weighted by atomic mass is 9.89. The number of rotatable bonds is 5. The third-order valence-corrected chi connectivity index (χ3v) is 4.16. The fourth-order valence-electron chi connectivity index (χ4n) is 2.86. The fourth-order valence-corrected chi connectivity index (χ4v) is 2.86. The molecule has 2 unspecified atom stereocenters. The summed E-state index contributed by atoms with van der Waals surface area (Å²) >= 11 is 0. The van der Waals surface area contributed by atoms with Crippen molar-refractivity contribution in [3.63, 3.8) is 0 Å². The summed E-state index contributed by atoms with van der Waals surface area (Å²) in [6.07, 6.45) is 1.73. The van der Waals surface area contributed by atoms with Crippen LogP contribution in [-0.2, 0) is 4.79 Å². The van der Waals surface area contributed by atoms with E-state index in [-0.39, 0.29) is 11.9 Å². The zero-order valence-electron chi connectivity index (χ0n) is 11.5. The summed E-state index contributed by atoms with van der Waals surface area (Å²) in [5.74, 6) is -0.199. The molecule has 0 bridgehead atoms. The van der Waals surface area contributed by atoms with Gasteiger partial charge in [0, 0.05) is 12.6 Å². The molecule has 0 saturated carbocycles. The minimum Gasteiger partial charge on any atom is -0.369 e. The Morgan fingerprint density at radius 1 is 1.42 bits per heavy atom. The minimum atomic E-state index is -0.401. The molecule has 4 N–H and O–H groups in total. The second-order valence-corrected chi connectivity index (χ2v) is 5.65. The van der Waals surface area contributed by atoms with Crippen LogP contribution < -0.4 is 11.5 Å². The summed E-state index contributed by atoms with van der Waals surface area (Å²) in [5.41, 5.74) is 12.1. The highest BCUT2D eigenvalue weighted by Crippen LogP contribution is 2.36. The van der Waals surface area contributed by atoms with Gasteiger partial charge in [-0.25, -0.2) is 0 Å². The zero-order chi connectivity index (χ0) is 13.9. The van der Waals surface area contributed by atoms with Gasteiger partial charge in [-0.15, -0.1) is 0 Å². The van der Waals surface area contributed by atoms with Gasteiger partial charge in [0.1, 0.15) is 0 Å². The number of nitrogens with zero attached hydrogens (tertiary/aromatic N) is 1. The molecule has 1 aromatic rings. The lowest BCUT2D eigenvalue weighted by Crippen LogP contribution is -2.38. The van der Waals surface area contributed by atoms with Gasteiger partial charge in [-0.05, 0) is 38.4 Å². The molecule has 1 aliphatic heterocycles. The third-order valence-electron chi connectivity index (χ3n) is 4.16. The van der Waals surface area contributed by atoms with E-state index in [4.69, 9.17) is 11.5 Å².